The van der Waals surface area contributed by atoms with E-state index >= 15 is 0 Å². The van der Waals surface area contributed by atoms with Crippen LogP contribution in [0.15, 0.2) is 35.2 Å². The number of nitrogens with one attached hydrogen (secondary N) is 3. The highest BCUT2D eigenvalue weighted by atomic mass is 32.2. The number of thiazole rings is 1. The first-order valence-electron chi connectivity index (χ1n) is 14.9. The van der Waals surface area contributed by atoms with E-state index in [9.17, 15) is 23.1 Å². The Balaban J connectivity index is 1.22. The van der Waals surface area contributed by atoms with Crippen LogP contribution in [0.25, 0.3) is 0 Å². The van der Waals surface area contributed by atoms with Crippen molar-refractivity contribution in [2.75, 3.05) is 50.5 Å². The van der Waals surface area contributed by atoms with Gasteiger partial charge in [-0.3, -0.25) is 9.59 Å². The third-order valence-corrected chi connectivity index (χ3v) is 12.2. The lowest BCUT2D eigenvalue weighted by atomic mass is 9.53. The highest BCUT2D eigenvalue weighted by Gasteiger charge is 2.54. The minimum absolute atomic E-state index is 0.0106. The summed E-state index contributed by atoms with van der Waals surface area (Å²) in [7, 11) is -3.77. The second-order valence-electron chi connectivity index (χ2n) is 12.5. The van der Waals surface area contributed by atoms with E-state index in [-0.39, 0.29) is 39.9 Å². The normalized spacial score (nSPS) is 28.8. The zero-order valence-corrected chi connectivity index (χ0v) is 26.2. The molecule has 1 aromatic heterocycles. The van der Waals surface area contributed by atoms with Crippen molar-refractivity contribution in [2.45, 2.75) is 57.0 Å². The van der Waals surface area contributed by atoms with Gasteiger partial charge in [-0.2, -0.15) is 0 Å². The lowest BCUT2D eigenvalue weighted by molar-refractivity contribution is -0.906. The van der Waals surface area contributed by atoms with Crippen LogP contribution >= 0.6 is 11.3 Å². The lowest BCUT2D eigenvalue weighted by Crippen LogP contribution is -3.14. The average molecular weight is 620 g/mol. The molecule has 1 aromatic carbocycles. The van der Waals surface area contributed by atoms with Crippen molar-refractivity contribution in [3.05, 3.63) is 40.9 Å². The number of fused-ring (bicyclic) bond motifs is 2. The number of aliphatic hydroxyl groups excluding tert-OH is 1. The molecule has 2 aliphatic carbocycles. The number of rotatable bonds is 9. The van der Waals surface area contributed by atoms with E-state index in [0.29, 0.717) is 11.7 Å². The van der Waals surface area contributed by atoms with Gasteiger partial charge in [0.1, 0.15) is 18.8 Å². The van der Waals surface area contributed by atoms with E-state index in [1.54, 1.807) is 18.2 Å². The van der Waals surface area contributed by atoms with Crippen molar-refractivity contribution in [3.8, 4) is 0 Å². The molecule has 0 bridgehead atoms. The smallest absolute Gasteiger partial charge is 0.241 e. The number of sulfone groups is 1. The van der Waals surface area contributed by atoms with Crippen molar-refractivity contribution < 1.29 is 32.8 Å². The van der Waals surface area contributed by atoms with E-state index in [2.05, 4.69) is 24.5 Å². The molecule has 2 fully saturated rings. The SMILES string of the molecule is C[C@H](C(=O)NCC[NH+]1CCOCC1)[C@@H]1CC[C@@]2(C)Cc3sc(NC(=O)CS(=O)(=O)c4ccccc4)nc3[C@@H](C)[C@@H]2[C@H]1O. The van der Waals surface area contributed by atoms with Gasteiger partial charge in [-0.1, -0.05) is 39.0 Å². The first-order valence-corrected chi connectivity index (χ1v) is 17.4. The molecule has 10 nitrogen and oxygen atoms in total. The largest absolute Gasteiger partial charge is 0.392 e. The van der Waals surface area contributed by atoms with Crippen molar-refractivity contribution in [1.82, 2.24) is 10.3 Å². The van der Waals surface area contributed by atoms with Crippen molar-refractivity contribution in [1.29, 1.82) is 0 Å². The Kier molecular flexibility index (Phi) is 9.39. The quantitative estimate of drug-likeness (QED) is 0.332. The fourth-order valence-corrected chi connectivity index (χ4v) is 9.70. The number of carbonyl (C=O) groups excluding carboxylic acids is 2. The first-order chi connectivity index (χ1) is 20.0. The lowest BCUT2D eigenvalue weighted by Gasteiger charge is -2.53. The number of anilines is 1. The molecule has 1 aliphatic heterocycles. The van der Waals surface area contributed by atoms with Crippen LogP contribution in [0, 0.1) is 23.2 Å². The molecule has 6 atom stereocenters. The highest BCUT2D eigenvalue weighted by molar-refractivity contribution is 7.92. The number of amides is 2. The van der Waals surface area contributed by atoms with Gasteiger partial charge >= 0.3 is 0 Å². The number of hydrogen-bond acceptors (Lipinski definition) is 8. The molecule has 5 rings (SSSR count). The van der Waals surface area contributed by atoms with Gasteiger partial charge in [-0.15, -0.1) is 11.3 Å². The van der Waals surface area contributed by atoms with Crippen LogP contribution in [-0.4, -0.2) is 81.6 Å². The Morgan fingerprint density at radius 1 is 1.24 bits per heavy atom. The average Bonchev–Trinajstić information content (AvgIpc) is 3.35. The number of quaternary nitrogens is 1. The van der Waals surface area contributed by atoms with Gasteiger partial charge in [-0.25, -0.2) is 13.4 Å². The summed E-state index contributed by atoms with van der Waals surface area (Å²) in [4.78, 5) is 33.1. The monoisotopic (exact) mass is 619 g/mol. The molecule has 4 N–H and O–H groups in total. The molecule has 0 unspecified atom stereocenters. The topological polar surface area (TPSA) is 139 Å². The summed E-state index contributed by atoms with van der Waals surface area (Å²) < 4.78 is 30.7. The predicted molar refractivity (Wildman–Crippen MR) is 160 cm³/mol. The van der Waals surface area contributed by atoms with Crippen LogP contribution in [0.3, 0.4) is 0 Å². The minimum Gasteiger partial charge on any atom is -0.392 e. The number of ether oxygens (including phenoxy) is 1. The number of benzene rings is 1. The molecule has 1 saturated carbocycles. The zero-order chi connectivity index (χ0) is 30.1. The number of aliphatic hydroxyl groups is 1. The molecule has 2 aromatic rings. The molecule has 2 amide bonds. The summed E-state index contributed by atoms with van der Waals surface area (Å²) in [5.41, 5.74) is 0.678. The van der Waals surface area contributed by atoms with Gasteiger partial charge in [0.2, 0.25) is 11.8 Å². The van der Waals surface area contributed by atoms with Crippen LogP contribution in [-0.2, 0) is 30.6 Å². The molecule has 42 heavy (non-hydrogen) atoms. The van der Waals surface area contributed by atoms with Crippen LogP contribution in [0.4, 0.5) is 5.13 Å². The van der Waals surface area contributed by atoms with Gasteiger partial charge in [0, 0.05) is 16.7 Å². The first kappa shape index (κ1) is 31.1. The maximum atomic E-state index is 13.1. The zero-order valence-electron chi connectivity index (χ0n) is 24.6. The maximum absolute atomic E-state index is 13.1. The Morgan fingerprint density at radius 3 is 2.67 bits per heavy atom. The van der Waals surface area contributed by atoms with Gasteiger partial charge in [0.15, 0.2) is 15.0 Å². The second-order valence-corrected chi connectivity index (χ2v) is 15.6. The van der Waals surface area contributed by atoms with Crippen molar-refractivity contribution in [2.24, 2.45) is 23.2 Å². The summed E-state index contributed by atoms with van der Waals surface area (Å²) in [6.45, 7) is 11.1. The van der Waals surface area contributed by atoms with Crippen LogP contribution in [0.1, 0.15) is 50.1 Å². The fourth-order valence-electron chi connectivity index (χ4n) is 7.27. The van der Waals surface area contributed by atoms with Crippen molar-refractivity contribution in [3.63, 3.8) is 0 Å². The maximum Gasteiger partial charge on any atom is 0.241 e. The third-order valence-electron chi connectivity index (χ3n) is 9.63. The van der Waals surface area contributed by atoms with Gasteiger partial charge in [0.05, 0.1) is 43.0 Å². The number of nitrogens with zero attached hydrogens (tertiary/aromatic N) is 1. The van der Waals surface area contributed by atoms with Gasteiger partial charge in [-0.05, 0) is 48.6 Å². The third kappa shape index (κ3) is 6.57. The fraction of sp³-hybridized carbons (Fsp3) is 0.633. The number of morpholine rings is 1. The van der Waals surface area contributed by atoms with Crippen LogP contribution < -0.4 is 15.5 Å². The van der Waals surface area contributed by atoms with E-state index in [0.717, 1.165) is 62.7 Å². The van der Waals surface area contributed by atoms with Crippen molar-refractivity contribution >= 4 is 38.1 Å². The summed E-state index contributed by atoms with van der Waals surface area (Å²) in [5.74, 6) is -1.92. The van der Waals surface area contributed by atoms with Crippen LogP contribution in [0.2, 0.25) is 0 Å². The minimum atomic E-state index is -3.77. The summed E-state index contributed by atoms with van der Waals surface area (Å²) in [5, 5.41) is 17.9. The van der Waals surface area contributed by atoms with E-state index in [1.165, 1.54) is 28.4 Å². The van der Waals surface area contributed by atoms with E-state index < -0.39 is 27.6 Å². The number of carbonyl (C=O) groups is 2. The van der Waals surface area contributed by atoms with Gasteiger partial charge < -0.3 is 25.4 Å². The summed E-state index contributed by atoms with van der Waals surface area (Å²) in [6.07, 6.45) is 1.71. The molecule has 12 heteroatoms. The molecule has 230 valence electrons. The highest BCUT2D eigenvalue weighted by Crippen LogP contribution is 2.57. The molecule has 1 saturated heterocycles. The Morgan fingerprint density at radius 2 is 1.95 bits per heavy atom. The van der Waals surface area contributed by atoms with E-state index in [4.69, 9.17) is 9.72 Å². The molecule has 2 heterocycles. The molecule has 0 spiro atoms. The number of hydrogen-bond donors (Lipinski definition) is 4. The van der Waals surface area contributed by atoms with E-state index in [1.807, 2.05) is 6.92 Å². The molecule has 0 radical (unpaired) electrons. The second kappa shape index (κ2) is 12.7. The predicted octanol–water partition coefficient (Wildman–Crippen LogP) is 1.28. The molecular formula is C30H43N4O6S2+. The summed E-state index contributed by atoms with van der Waals surface area (Å²) >= 11 is 1.38. The number of aromatic nitrogens is 1. The Bertz CT molecular complexity index is 1380. The Labute approximate surface area is 252 Å². The Hall–Kier alpha value is -2.38. The summed E-state index contributed by atoms with van der Waals surface area (Å²) in [6, 6.07) is 7.93. The molecule has 3 aliphatic rings. The van der Waals surface area contributed by atoms with Crippen LogP contribution in [0.5, 0.6) is 0 Å². The standard InChI is InChI=1S/C30H42N4O6S2/c1-19(28(37)31-11-12-34-13-15-40-16-14-34)22-9-10-30(3)17-23-26(20(2)25(30)27(22)36)33-29(41-23)32-24(35)18-42(38,39)21-7-5-4-6-8-21/h4-8,19-20,22,25,27,36H,9-18H2,1-3H3,(H,31,37)(H,32,33,35)/p+1/t19-,20-,22-,25+,27-,30-/m0/s1. The van der Waals surface area contributed by atoms with Gasteiger partial charge in [0.25, 0.3) is 0 Å². The molecular weight excluding hydrogens is 576 g/mol.